The Hall–Kier alpha value is -1.21. The van der Waals surface area contributed by atoms with Crippen LogP contribution in [0.2, 0.25) is 0 Å². The van der Waals surface area contributed by atoms with Gasteiger partial charge in [0.2, 0.25) is 0 Å². The Morgan fingerprint density at radius 1 is 1.19 bits per heavy atom. The molecule has 2 rings (SSSR count). The van der Waals surface area contributed by atoms with E-state index in [2.05, 4.69) is 47.8 Å². The molecule has 0 aliphatic rings. The summed E-state index contributed by atoms with van der Waals surface area (Å²) in [5.41, 5.74) is 3.21. The summed E-state index contributed by atoms with van der Waals surface area (Å²) in [6.07, 6.45) is 0.888. The molecule has 0 atom stereocenters. The standard InChI is InChI=1S/C16H20IN3O/c1-4-13-14(17)16(18-5-2)20-15(19-13)12-9-7-6-8-11(12)10-21-3/h6-9H,4-5,10H2,1-3H3,(H,18,19,20). The number of anilines is 1. The number of ether oxygens (including phenoxy) is 1. The van der Waals surface area contributed by atoms with E-state index >= 15 is 0 Å². The number of aryl methyl sites for hydroxylation is 1. The maximum Gasteiger partial charge on any atom is 0.162 e. The topological polar surface area (TPSA) is 47.0 Å². The van der Waals surface area contributed by atoms with E-state index in [1.165, 1.54) is 0 Å². The highest BCUT2D eigenvalue weighted by Crippen LogP contribution is 2.26. The molecule has 112 valence electrons. The predicted molar refractivity (Wildman–Crippen MR) is 94.4 cm³/mol. The van der Waals surface area contributed by atoms with Crippen LogP contribution in [0.4, 0.5) is 5.82 Å². The first-order chi connectivity index (χ1) is 10.2. The van der Waals surface area contributed by atoms with Crippen LogP contribution in [0.3, 0.4) is 0 Å². The molecule has 0 amide bonds. The van der Waals surface area contributed by atoms with Gasteiger partial charge in [0.05, 0.1) is 15.9 Å². The Morgan fingerprint density at radius 2 is 1.95 bits per heavy atom. The number of hydrogen-bond donors (Lipinski definition) is 1. The van der Waals surface area contributed by atoms with Crippen molar-refractivity contribution in [1.82, 2.24) is 9.97 Å². The summed E-state index contributed by atoms with van der Waals surface area (Å²) in [4.78, 5) is 9.43. The van der Waals surface area contributed by atoms with Crippen molar-refractivity contribution in [2.24, 2.45) is 0 Å². The first-order valence-corrected chi connectivity index (χ1v) is 8.16. The monoisotopic (exact) mass is 397 g/mol. The summed E-state index contributed by atoms with van der Waals surface area (Å²) in [6, 6.07) is 8.12. The van der Waals surface area contributed by atoms with Crippen LogP contribution < -0.4 is 5.32 Å². The molecule has 1 N–H and O–H groups in total. The van der Waals surface area contributed by atoms with Crippen LogP contribution in [-0.4, -0.2) is 23.6 Å². The fourth-order valence-corrected chi connectivity index (χ4v) is 2.97. The van der Waals surface area contributed by atoms with Crippen LogP contribution in [0.25, 0.3) is 11.4 Å². The Kier molecular flexibility index (Phi) is 5.93. The van der Waals surface area contributed by atoms with Crippen molar-refractivity contribution < 1.29 is 4.74 Å². The summed E-state index contributed by atoms with van der Waals surface area (Å²) in [5.74, 6) is 1.67. The van der Waals surface area contributed by atoms with Crippen molar-refractivity contribution in [3.63, 3.8) is 0 Å². The van der Waals surface area contributed by atoms with Gasteiger partial charge in [-0.25, -0.2) is 9.97 Å². The van der Waals surface area contributed by atoms with Gasteiger partial charge >= 0.3 is 0 Å². The summed E-state index contributed by atoms with van der Waals surface area (Å²) in [6.45, 7) is 5.59. The first-order valence-electron chi connectivity index (χ1n) is 7.08. The lowest BCUT2D eigenvalue weighted by Crippen LogP contribution is -2.08. The van der Waals surface area contributed by atoms with Crippen molar-refractivity contribution in [2.45, 2.75) is 26.9 Å². The van der Waals surface area contributed by atoms with Crippen molar-refractivity contribution in [3.8, 4) is 11.4 Å². The molecule has 0 saturated heterocycles. The summed E-state index contributed by atoms with van der Waals surface area (Å²) in [5, 5.41) is 3.32. The maximum absolute atomic E-state index is 5.28. The molecule has 0 aliphatic heterocycles. The molecule has 5 heteroatoms. The minimum Gasteiger partial charge on any atom is -0.380 e. The van der Waals surface area contributed by atoms with Gasteiger partial charge in [-0.3, -0.25) is 0 Å². The van der Waals surface area contributed by atoms with Crippen molar-refractivity contribution >= 4 is 28.4 Å². The molecule has 21 heavy (non-hydrogen) atoms. The molecule has 0 bridgehead atoms. The van der Waals surface area contributed by atoms with Gasteiger partial charge in [0.25, 0.3) is 0 Å². The summed E-state index contributed by atoms with van der Waals surface area (Å²) < 4.78 is 6.38. The lowest BCUT2D eigenvalue weighted by molar-refractivity contribution is 0.185. The number of nitrogens with zero attached hydrogens (tertiary/aromatic N) is 2. The highest BCUT2D eigenvalue weighted by atomic mass is 127. The van der Waals surface area contributed by atoms with Gasteiger partial charge in [-0.15, -0.1) is 0 Å². The van der Waals surface area contributed by atoms with E-state index < -0.39 is 0 Å². The molecular weight excluding hydrogens is 377 g/mol. The number of methoxy groups -OCH3 is 1. The average molecular weight is 397 g/mol. The Morgan fingerprint density at radius 3 is 2.62 bits per heavy atom. The normalized spacial score (nSPS) is 10.7. The van der Waals surface area contributed by atoms with E-state index in [1.807, 2.05) is 18.2 Å². The Bertz CT molecular complexity index is 616. The zero-order chi connectivity index (χ0) is 15.2. The van der Waals surface area contributed by atoms with Gasteiger partial charge in [0, 0.05) is 19.2 Å². The van der Waals surface area contributed by atoms with E-state index in [0.717, 1.165) is 45.0 Å². The van der Waals surface area contributed by atoms with Crippen LogP contribution in [0.15, 0.2) is 24.3 Å². The predicted octanol–water partition coefficient (Wildman–Crippen LogP) is 3.89. The minimum absolute atomic E-state index is 0.559. The fraction of sp³-hybridized carbons (Fsp3) is 0.375. The molecular formula is C16H20IN3O. The van der Waals surface area contributed by atoms with E-state index in [4.69, 9.17) is 14.7 Å². The molecule has 1 aromatic heterocycles. The molecule has 4 nitrogen and oxygen atoms in total. The van der Waals surface area contributed by atoms with Crippen molar-refractivity contribution in [1.29, 1.82) is 0 Å². The van der Waals surface area contributed by atoms with E-state index in [9.17, 15) is 0 Å². The second-order valence-electron chi connectivity index (χ2n) is 4.63. The average Bonchev–Trinajstić information content (AvgIpc) is 2.50. The highest BCUT2D eigenvalue weighted by Gasteiger charge is 2.14. The molecule has 0 unspecified atom stereocenters. The second kappa shape index (κ2) is 7.70. The van der Waals surface area contributed by atoms with Gasteiger partial charge in [0.1, 0.15) is 5.82 Å². The zero-order valence-electron chi connectivity index (χ0n) is 12.6. The van der Waals surface area contributed by atoms with E-state index in [0.29, 0.717) is 6.61 Å². The van der Waals surface area contributed by atoms with Crippen LogP contribution in [0.5, 0.6) is 0 Å². The molecule has 0 saturated carbocycles. The van der Waals surface area contributed by atoms with Gasteiger partial charge < -0.3 is 10.1 Å². The third kappa shape index (κ3) is 3.71. The van der Waals surface area contributed by atoms with Crippen LogP contribution >= 0.6 is 22.6 Å². The third-order valence-corrected chi connectivity index (χ3v) is 4.29. The van der Waals surface area contributed by atoms with Gasteiger partial charge in [-0.05, 0) is 41.5 Å². The minimum atomic E-state index is 0.559. The van der Waals surface area contributed by atoms with Crippen LogP contribution in [-0.2, 0) is 17.8 Å². The van der Waals surface area contributed by atoms with Gasteiger partial charge in [-0.2, -0.15) is 0 Å². The number of rotatable bonds is 6. The zero-order valence-corrected chi connectivity index (χ0v) is 14.8. The van der Waals surface area contributed by atoms with Gasteiger partial charge in [0.15, 0.2) is 5.82 Å². The summed E-state index contributed by atoms with van der Waals surface area (Å²) >= 11 is 2.31. The molecule has 0 aliphatic carbocycles. The number of nitrogens with one attached hydrogen (secondary N) is 1. The Balaban J connectivity index is 2.55. The quantitative estimate of drug-likeness (QED) is 0.752. The first kappa shape index (κ1) is 16.2. The number of hydrogen-bond acceptors (Lipinski definition) is 4. The van der Waals surface area contributed by atoms with Crippen molar-refractivity contribution in [2.75, 3.05) is 19.0 Å². The van der Waals surface area contributed by atoms with Crippen molar-refractivity contribution in [3.05, 3.63) is 39.1 Å². The smallest absolute Gasteiger partial charge is 0.162 e. The molecule has 2 aromatic rings. The third-order valence-electron chi connectivity index (χ3n) is 3.16. The number of benzene rings is 1. The largest absolute Gasteiger partial charge is 0.380 e. The van der Waals surface area contributed by atoms with Crippen LogP contribution in [0.1, 0.15) is 25.1 Å². The second-order valence-corrected chi connectivity index (χ2v) is 5.71. The summed E-state index contributed by atoms with van der Waals surface area (Å²) in [7, 11) is 1.70. The molecule has 1 aromatic carbocycles. The molecule has 0 fully saturated rings. The number of aromatic nitrogens is 2. The molecule has 1 heterocycles. The SMILES string of the molecule is CCNc1nc(-c2ccccc2COC)nc(CC)c1I. The van der Waals surface area contributed by atoms with Gasteiger partial charge in [-0.1, -0.05) is 31.2 Å². The number of halogens is 1. The molecule has 0 spiro atoms. The Labute approximate surface area is 139 Å². The highest BCUT2D eigenvalue weighted by molar-refractivity contribution is 14.1. The lowest BCUT2D eigenvalue weighted by Gasteiger charge is -2.13. The van der Waals surface area contributed by atoms with E-state index in [1.54, 1.807) is 7.11 Å². The maximum atomic E-state index is 5.28. The lowest BCUT2D eigenvalue weighted by atomic mass is 10.1. The van der Waals surface area contributed by atoms with E-state index in [-0.39, 0.29) is 0 Å². The fourth-order valence-electron chi connectivity index (χ4n) is 2.15. The molecule has 0 radical (unpaired) electrons. The van der Waals surface area contributed by atoms with Crippen LogP contribution in [0, 0.1) is 3.57 Å².